The van der Waals surface area contributed by atoms with Crippen LogP contribution >= 0.6 is 0 Å². The highest BCUT2D eigenvalue weighted by Crippen LogP contribution is 2.28. The molecule has 0 spiro atoms. The molecule has 2 aliphatic rings. The normalized spacial score (nSPS) is 25.2. The Labute approximate surface area is 174 Å². The van der Waals surface area contributed by atoms with E-state index >= 15 is 0 Å². The number of halogens is 2. The van der Waals surface area contributed by atoms with Gasteiger partial charge in [0.15, 0.2) is 0 Å². The zero-order valence-corrected chi connectivity index (χ0v) is 17.2. The molecule has 0 bridgehead atoms. The third kappa shape index (κ3) is 4.98. The van der Waals surface area contributed by atoms with Crippen LogP contribution in [0.1, 0.15) is 31.7 Å². The van der Waals surface area contributed by atoms with Gasteiger partial charge in [0.1, 0.15) is 11.6 Å². The summed E-state index contributed by atoms with van der Waals surface area (Å²) in [5, 5.41) is 0. The number of benzene rings is 1. The van der Waals surface area contributed by atoms with Gasteiger partial charge in [0.2, 0.25) is 12.3 Å². The number of aromatic nitrogens is 2. The molecule has 2 saturated heterocycles. The highest BCUT2D eigenvalue weighted by molar-refractivity contribution is 5.45. The van der Waals surface area contributed by atoms with Gasteiger partial charge in [-0.25, -0.2) is 8.78 Å². The average Bonchev–Trinajstić information content (AvgIpc) is 2.90. The number of nitrogens with one attached hydrogen (secondary N) is 1. The molecule has 3 heterocycles. The van der Waals surface area contributed by atoms with Crippen LogP contribution in [0.5, 0.6) is 0 Å². The number of alkyl halides is 1. The Morgan fingerprint density at radius 3 is 2.83 bits per heavy atom. The van der Waals surface area contributed by atoms with E-state index < -0.39 is 6.36 Å². The number of hydrogen-bond acceptors (Lipinski definition) is 5. The average molecular weight is 418 g/mol. The molecule has 1 N–H and O–H groups in total. The largest absolute Gasteiger partial charge is 0.349 e. The van der Waals surface area contributed by atoms with Gasteiger partial charge < -0.3 is 14.5 Å². The number of H-pyrrole nitrogens is 1. The Morgan fingerprint density at radius 2 is 2.07 bits per heavy atom. The molecule has 0 amide bonds. The maximum absolute atomic E-state index is 13.7. The zero-order valence-electron chi connectivity index (χ0n) is 17.2. The molecule has 30 heavy (non-hydrogen) atoms. The Bertz CT molecular complexity index is 905. The molecular weight excluding hydrogens is 390 g/mol. The minimum Gasteiger partial charge on any atom is -0.349 e. The van der Waals surface area contributed by atoms with Crippen molar-refractivity contribution in [3.63, 3.8) is 0 Å². The van der Waals surface area contributed by atoms with Crippen molar-refractivity contribution in [3.8, 4) is 0 Å². The van der Waals surface area contributed by atoms with E-state index in [0.717, 1.165) is 37.8 Å². The summed E-state index contributed by atoms with van der Waals surface area (Å²) in [5.74, 6) is 1.28. The van der Waals surface area contributed by atoms with Gasteiger partial charge >= 0.3 is 0 Å². The molecular formula is C22H28F2N4O2. The maximum atomic E-state index is 13.7. The predicted molar refractivity (Wildman–Crippen MR) is 112 cm³/mol. The molecule has 4 rings (SSSR count). The third-order valence-corrected chi connectivity index (χ3v) is 5.93. The van der Waals surface area contributed by atoms with Crippen LogP contribution in [-0.4, -0.2) is 48.6 Å². The first-order valence-corrected chi connectivity index (χ1v) is 10.6. The number of aromatic amines is 1. The van der Waals surface area contributed by atoms with Crippen molar-refractivity contribution < 1.29 is 13.5 Å². The lowest BCUT2D eigenvalue weighted by Crippen LogP contribution is -2.43. The summed E-state index contributed by atoms with van der Waals surface area (Å²) in [6.45, 7) is 3.83. The van der Waals surface area contributed by atoms with E-state index in [9.17, 15) is 13.6 Å². The molecule has 2 aromatic rings. The van der Waals surface area contributed by atoms with Gasteiger partial charge in [0.05, 0.1) is 13.2 Å². The van der Waals surface area contributed by atoms with E-state index in [2.05, 4.69) is 16.8 Å². The molecule has 6 nitrogen and oxygen atoms in total. The van der Waals surface area contributed by atoms with E-state index in [1.165, 1.54) is 18.2 Å². The van der Waals surface area contributed by atoms with Crippen molar-refractivity contribution in [2.24, 2.45) is 5.92 Å². The first-order chi connectivity index (χ1) is 14.5. The van der Waals surface area contributed by atoms with Crippen LogP contribution in [0, 0.1) is 11.7 Å². The maximum Gasteiger partial charge on any atom is 0.254 e. The monoisotopic (exact) mass is 418 g/mol. The van der Waals surface area contributed by atoms with E-state index in [0.29, 0.717) is 24.2 Å². The SMILES string of the molecule is C[C@H]1CCCN(c2nc(N3CCO[C@H](F)C3)cc(=O)[nH]2)[C@@H](Cc2ccc(F)cc2)C1. The summed E-state index contributed by atoms with van der Waals surface area (Å²) in [6, 6.07) is 8.12. The second kappa shape index (κ2) is 9.12. The van der Waals surface area contributed by atoms with Crippen LogP contribution < -0.4 is 15.4 Å². The molecule has 0 radical (unpaired) electrons. The van der Waals surface area contributed by atoms with Crippen LogP contribution in [-0.2, 0) is 11.2 Å². The van der Waals surface area contributed by atoms with Crippen molar-refractivity contribution >= 4 is 11.8 Å². The zero-order chi connectivity index (χ0) is 21.1. The molecule has 0 aliphatic carbocycles. The molecule has 162 valence electrons. The smallest absolute Gasteiger partial charge is 0.254 e. The van der Waals surface area contributed by atoms with Gasteiger partial charge in [-0.3, -0.25) is 9.78 Å². The van der Waals surface area contributed by atoms with Crippen molar-refractivity contribution in [3.05, 3.63) is 52.1 Å². The molecule has 3 atom stereocenters. The fraction of sp³-hybridized carbons (Fsp3) is 0.545. The molecule has 1 aromatic heterocycles. The number of nitrogens with zero attached hydrogens (tertiary/aromatic N) is 3. The molecule has 1 aromatic carbocycles. The molecule has 8 heteroatoms. The number of morpholine rings is 1. The van der Waals surface area contributed by atoms with Gasteiger partial charge in [-0.15, -0.1) is 0 Å². The first kappa shape index (κ1) is 20.8. The van der Waals surface area contributed by atoms with Crippen molar-refractivity contribution in [1.82, 2.24) is 9.97 Å². The van der Waals surface area contributed by atoms with Crippen LogP contribution in [0.3, 0.4) is 0 Å². The van der Waals surface area contributed by atoms with Gasteiger partial charge in [-0.2, -0.15) is 4.98 Å². The lowest BCUT2D eigenvalue weighted by atomic mass is 9.94. The molecule has 0 saturated carbocycles. The topological polar surface area (TPSA) is 61.5 Å². The van der Waals surface area contributed by atoms with Crippen molar-refractivity contribution in [2.45, 2.75) is 45.0 Å². The highest BCUT2D eigenvalue weighted by atomic mass is 19.1. The van der Waals surface area contributed by atoms with Crippen LogP contribution in [0.15, 0.2) is 35.1 Å². The number of anilines is 2. The van der Waals surface area contributed by atoms with Crippen LogP contribution in [0.2, 0.25) is 0 Å². The Balaban J connectivity index is 1.63. The number of rotatable bonds is 4. The number of ether oxygens (including phenoxy) is 1. The quantitative estimate of drug-likeness (QED) is 0.826. The minimum absolute atomic E-state index is 0.0614. The minimum atomic E-state index is -1.38. The highest BCUT2D eigenvalue weighted by Gasteiger charge is 2.28. The van der Waals surface area contributed by atoms with Crippen LogP contribution in [0.4, 0.5) is 20.5 Å². The summed E-state index contributed by atoms with van der Waals surface area (Å²) in [6.07, 6.45) is 2.42. The van der Waals surface area contributed by atoms with E-state index in [1.54, 1.807) is 4.90 Å². The Morgan fingerprint density at radius 1 is 1.27 bits per heavy atom. The second-order valence-corrected chi connectivity index (χ2v) is 8.31. The summed E-state index contributed by atoms with van der Waals surface area (Å²) >= 11 is 0. The lowest BCUT2D eigenvalue weighted by Gasteiger charge is -2.33. The van der Waals surface area contributed by atoms with Gasteiger partial charge in [-0.05, 0) is 49.3 Å². The summed E-state index contributed by atoms with van der Waals surface area (Å²) in [7, 11) is 0. The van der Waals surface area contributed by atoms with E-state index in [4.69, 9.17) is 9.72 Å². The fourth-order valence-corrected chi connectivity index (χ4v) is 4.41. The Kier molecular flexibility index (Phi) is 6.32. The second-order valence-electron chi connectivity index (χ2n) is 8.31. The van der Waals surface area contributed by atoms with E-state index in [-0.39, 0.29) is 30.6 Å². The van der Waals surface area contributed by atoms with E-state index in [1.807, 2.05) is 12.1 Å². The Hall–Kier alpha value is -2.48. The predicted octanol–water partition coefficient (Wildman–Crippen LogP) is 3.28. The summed E-state index contributed by atoms with van der Waals surface area (Å²) in [5.41, 5.74) is 0.794. The first-order valence-electron chi connectivity index (χ1n) is 10.6. The standard InChI is InChI=1S/C22H28F2N4O2/c1-15-3-2-8-28(18(11-15)12-16-4-6-17(23)7-5-16)22-25-20(13-21(29)26-22)27-9-10-30-19(24)14-27/h4-7,13,15,18-19H,2-3,8-12,14H2,1H3,(H,25,26,29)/t15-,18+,19-/m0/s1. The lowest BCUT2D eigenvalue weighted by molar-refractivity contribution is -0.0467. The van der Waals surface area contributed by atoms with Crippen molar-refractivity contribution in [1.29, 1.82) is 0 Å². The molecule has 2 aliphatic heterocycles. The van der Waals surface area contributed by atoms with Gasteiger partial charge in [0, 0.05) is 25.2 Å². The summed E-state index contributed by atoms with van der Waals surface area (Å²) in [4.78, 5) is 23.9. The number of hydrogen-bond donors (Lipinski definition) is 1. The third-order valence-electron chi connectivity index (χ3n) is 5.93. The van der Waals surface area contributed by atoms with Gasteiger partial charge in [-0.1, -0.05) is 19.1 Å². The van der Waals surface area contributed by atoms with Gasteiger partial charge in [0.25, 0.3) is 5.56 Å². The summed E-state index contributed by atoms with van der Waals surface area (Å²) < 4.78 is 32.0. The van der Waals surface area contributed by atoms with Crippen LogP contribution in [0.25, 0.3) is 0 Å². The fourth-order valence-electron chi connectivity index (χ4n) is 4.41. The molecule has 0 unspecified atom stereocenters. The molecule has 2 fully saturated rings. The van der Waals surface area contributed by atoms with Crippen molar-refractivity contribution in [2.75, 3.05) is 36.0 Å².